The molecule has 0 radical (unpaired) electrons. The third-order valence-electron chi connectivity index (χ3n) is 5.25. The number of hydrogen-bond donors (Lipinski definition) is 0. The number of likely N-dealkylation sites (tertiary alicyclic amines) is 1. The zero-order valence-corrected chi connectivity index (χ0v) is 16.7. The van der Waals surface area contributed by atoms with Crippen LogP contribution in [0.5, 0.6) is 0 Å². The first-order chi connectivity index (χ1) is 12.5. The molecule has 1 aromatic carbocycles. The van der Waals surface area contributed by atoms with E-state index in [4.69, 9.17) is 11.6 Å². The van der Waals surface area contributed by atoms with E-state index in [1.54, 1.807) is 6.07 Å². The van der Waals surface area contributed by atoms with Crippen molar-refractivity contribution in [3.05, 3.63) is 28.8 Å². The van der Waals surface area contributed by atoms with Crippen molar-refractivity contribution in [3.8, 4) is 0 Å². The fraction of sp³-hybridized carbons (Fsp3) is 0.632. The number of amides is 1. The van der Waals surface area contributed by atoms with Gasteiger partial charge in [0.05, 0.1) is 5.02 Å². The molecule has 0 N–H and O–H groups in total. The van der Waals surface area contributed by atoms with E-state index in [0.717, 1.165) is 58.0 Å². The highest BCUT2D eigenvalue weighted by molar-refractivity contribution is 7.89. The first-order valence-corrected chi connectivity index (χ1v) is 11.4. The first-order valence-electron chi connectivity index (χ1n) is 9.59. The normalized spacial score (nSPS) is 20.4. The molecule has 26 heavy (non-hydrogen) atoms. The van der Waals surface area contributed by atoms with Crippen LogP contribution in [0.2, 0.25) is 5.02 Å². The maximum Gasteiger partial charge on any atom is 0.253 e. The number of carbonyl (C=O) groups is 1. The average Bonchev–Trinajstić information content (AvgIpc) is 2.62. The molecular formula is C19H27ClN2O3S. The van der Waals surface area contributed by atoms with Crippen LogP contribution < -0.4 is 0 Å². The van der Waals surface area contributed by atoms with Crippen molar-refractivity contribution in [3.63, 3.8) is 0 Å². The van der Waals surface area contributed by atoms with Gasteiger partial charge in [0.1, 0.15) is 4.90 Å². The van der Waals surface area contributed by atoms with Crippen LogP contribution in [0.3, 0.4) is 0 Å². The van der Waals surface area contributed by atoms with Crippen LogP contribution >= 0.6 is 11.6 Å². The molecule has 2 saturated heterocycles. The molecule has 3 rings (SSSR count). The molecule has 0 spiro atoms. The molecule has 0 aromatic heterocycles. The summed E-state index contributed by atoms with van der Waals surface area (Å²) >= 11 is 6.21. The van der Waals surface area contributed by atoms with E-state index < -0.39 is 10.0 Å². The van der Waals surface area contributed by atoms with Gasteiger partial charge in [-0.15, -0.1) is 0 Å². The minimum absolute atomic E-state index is 0.0546. The Morgan fingerprint density at radius 2 is 1.38 bits per heavy atom. The number of sulfonamides is 1. The second kappa shape index (κ2) is 8.72. The van der Waals surface area contributed by atoms with Gasteiger partial charge in [-0.1, -0.05) is 37.3 Å². The van der Waals surface area contributed by atoms with E-state index in [-0.39, 0.29) is 15.8 Å². The lowest BCUT2D eigenvalue weighted by Crippen LogP contribution is -2.36. The third-order valence-corrected chi connectivity index (χ3v) is 7.63. The number of nitrogens with zero attached hydrogens (tertiary/aromatic N) is 2. The molecule has 2 aliphatic heterocycles. The largest absolute Gasteiger partial charge is 0.339 e. The summed E-state index contributed by atoms with van der Waals surface area (Å²) in [6.45, 7) is 2.50. The molecule has 5 nitrogen and oxygen atoms in total. The Hall–Kier alpha value is -1.11. The smallest absolute Gasteiger partial charge is 0.253 e. The number of benzene rings is 1. The Morgan fingerprint density at radius 1 is 0.846 bits per heavy atom. The molecule has 0 unspecified atom stereocenters. The van der Waals surface area contributed by atoms with Gasteiger partial charge in [-0.3, -0.25) is 4.79 Å². The van der Waals surface area contributed by atoms with Gasteiger partial charge in [0.15, 0.2) is 0 Å². The lowest BCUT2D eigenvalue weighted by atomic mass is 10.1. The highest BCUT2D eigenvalue weighted by Gasteiger charge is 2.29. The van der Waals surface area contributed by atoms with Gasteiger partial charge in [-0.2, -0.15) is 4.31 Å². The molecule has 2 heterocycles. The van der Waals surface area contributed by atoms with Crippen molar-refractivity contribution >= 4 is 27.5 Å². The second-order valence-corrected chi connectivity index (χ2v) is 9.48. The monoisotopic (exact) mass is 398 g/mol. The molecule has 2 aliphatic rings. The fourth-order valence-corrected chi connectivity index (χ4v) is 5.73. The van der Waals surface area contributed by atoms with Crippen molar-refractivity contribution in [1.82, 2.24) is 9.21 Å². The number of rotatable bonds is 3. The summed E-state index contributed by atoms with van der Waals surface area (Å²) in [7, 11) is -3.66. The summed E-state index contributed by atoms with van der Waals surface area (Å²) in [4.78, 5) is 14.8. The minimum Gasteiger partial charge on any atom is -0.339 e. The number of carbonyl (C=O) groups excluding carboxylic acids is 1. The quantitative estimate of drug-likeness (QED) is 0.775. The predicted octanol–water partition coefficient (Wildman–Crippen LogP) is 3.92. The lowest BCUT2D eigenvalue weighted by Gasteiger charge is -2.27. The zero-order valence-electron chi connectivity index (χ0n) is 15.1. The van der Waals surface area contributed by atoms with Gasteiger partial charge in [-0.05, 0) is 43.9 Å². The molecule has 144 valence electrons. The van der Waals surface area contributed by atoms with Crippen molar-refractivity contribution in [2.75, 3.05) is 26.2 Å². The summed E-state index contributed by atoms with van der Waals surface area (Å²) in [5.74, 6) is -0.0985. The maximum atomic E-state index is 13.0. The lowest BCUT2D eigenvalue weighted by molar-refractivity contribution is 0.0742. The van der Waals surface area contributed by atoms with Gasteiger partial charge < -0.3 is 4.90 Å². The Bertz CT molecular complexity index is 737. The average molecular weight is 399 g/mol. The Morgan fingerprint density at radius 3 is 2.04 bits per heavy atom. The molecule has 0 bridgehead atoms. The minimum atomic E-state index is -3.66. The summed E-state index contributed by atoms with van der Waals surface area (Å²) in [5, 5.41) is 0.180. The summed E-state index contributed by atoms with van der Waals surface area (Å²) in [6.07, 6.45) is 8.27. The van der Waals surface area contributed by atoms with E-state index in [1.807, 2.05) is 4.90 Å². The van der Waals surface area contributed by atoms with Gasteiger partial charge in [0.2, 0.25) is 10.0 Å². The van der Waals surface area contributed by atoms with E-state index in [0.29, 0.717) is 18.7 Å². The van der Waals surface area contributed by atoms with Gasteiger partial charge >= 0.3 is 0 Å². The van der Waals surface area contributed by atoms with Crippen molar-refractivity contribution in [1.29, 1.82) is 0 Å². The molecule has 0 atom stereocenters. The molecule has 0 aliphatic carbocycles. The number of piperidine rings is 1. The Labute approximate surface area is 161 Å². The fourth-order valence-electron chi connectivity index (χ4n) is 3.71. The number of halogens is 1. The highest BCUT2D eigenvalue weighted by atomic mass is 35.5. The standard InChI is InChI=1S/C19H27ClN2O3S/c20-17-10-9-16(19(23)21-11-5-2-1-3-6-12-21)15-18(17)26(24,25)22-13-7-4-8-14-22/h9-10,15H,1-8,11-14H2. The first kappa shape index (κ1) is 19.6. The summed E-state index contributed by atoms with van der Waals surface area (Å²) in [5.41, 5.74) is 0.408. The highest BCUT2D eigenvalue weighted by Crippen LogP contribution is 2.28. The van der Waals surface area contributed by atoms with E-state index in [9.17, 15) is 13.2 Å². The van der Waals surface area contributed by atoms with Crippen molar-refractivity contribution < 1.29 is 13.2 Å². The predicted molar refractivity (Wildman–Crippen MR) is 103 cm³/mol. The van der Waals surface area contributed by atoms with Crippen LogP contribution in [0.1, 0.15) is 61.7 Å². The van der Waals surface area contributed by atoms with Crippen LogP contribution in [0, 0.1) is 0 Å². The molecule has 2 fully saturated rings. The van der Waals surface area contributed by atoms with Crippen LogP contribution in [-0.2, 0) is 10.0 Å². The SMILES string of the molecule is O=C(c1ccc(Cl)c(S(=O)(=O)N2CCCCC2)c1)N1CCCCCCC1. The van der Waals surface area contributed by atoms with Crippen LogP contribution in [-0.4, -0.2) is 49.7 Å². The topological polar surface area (TPSA) is 57.7 Å². The molecule has 0 saturated carbocycles. The van der Waals surface area contributed by atoms with E-state index >= 15 is 0 Å². The van der Waals surface area contributed by atoms with Gasteiger partial charge in [0.25, 0.3) is 5.91 Å². The summed E-state index contributed by atoms with van der Waals surface area (Å²) in [6, 6.07) is 4.64. The third kappa shape index (κ3) is 4.41. The van der Waals surface area contributed by atoms with Crippen LogP contribution in [0.15, 0.2) is 23.1 Å². The van der Waals surface area contributed by atoms with Gasteiger partial charge in [0, 0.05) is 31.7 Å². The van der Waals surface area contributed by atoms with Crippen LogP contribution in [0.25, 0.3) is 0 Å². The summed E-state index contributed by atoms with van der Waals surface area (Å²) < 4.78 is 27.4. The van der Waals surface area contributed by atoms with Crippen molar-refractivity contribution in [2.45, 2.75) is 56.3 Å². The Balaban J connectivity index is 1.85. The molecule has 1 aromatic rings. The van der Waals surface area contributed by atoms with Crippen LogP contribution in [0.4, 0.5) is 0 Å². The van der Waals surface area contributed by atoms with E-state index in [1.165, 1.54) is 22.9 Å². The molecular weight excluding hydrogens is 372 g/mol. The molecule has 1 amide bonds. The Kier molecular flexibility index (Phi) is 6.59. The van der Waals surface area contributed by atoms with Gasteiger partial charge in [-0.25, -0.2) is 8.42 Å². The maximum absolute atomic E-state index is 13.0. The second-order valence-electron chi connectivity index (χ2n) is 7.17. The number of hydrogen-bond acceptors (Lipinski definition) is 3. The van der Waals surface area contributed by atoms with Crippen molar-refractivity contribution in [2.24, 2.45) is 0 Å². The zero-order chi connectivity index (χ0) is 18.6. The van der Waals surface area contributed by atoms with E-state index in [2.05, 4.69) is 0 Å². The molecule has 7 heteroatoms.